The van der Waals surface area contributed by atoms with E-state index in [1.165, 1.54) is 0 Å². The number of hydrogen-bond donors (Lipinski definition) is 1. The van der Waals surface area contributed by atoms with Crippen molar-refractivity contribution in [2.45, 2.75) is 25.8 Å². The molecule has 2 aliphatic heterocycles. The van der Waals surface area contributed by atoms with Crippen LogP contribution in [-0.2, 0) is 13.0 Å². The minimum atomic E-state index is -0.338. The first-order valence-electron chi connectivity index (χ1n) is 9.95. The number of aromatic nitrogens is 2. The molecule has 8 heteroatoms. The number of imidazole rings is 1. The van der Waals surface area contributed by atoms with Gasteiger partial charge in [0.2, 0.25) is 0 Å². The molecule has 1 N–H and O–H groups in total. The Hall–Kier alpha value is -3.18. The van der Waals surface area contributed by atoms with Crippen LogP contribution < -0.4 is 5.32 Å². The number of likely N-dealkylation sites (N-methyl/N-ethyl adjacent to an activating group) is 1. The van der Waals surface area contributed by atoms with Gasteiger partial charge in [-0.05, 0) is 50.6 Å². The van der Waals surface area contributed by atoms with Crippen LogP contribution in [0.2, 0.25) is 0 Å². The number of piperazine rings is 1. The van der Waals surface area contributed by atoms with Gasteiger partial charge in [-0.25, -0.2) is 4.98 Å². The average molecular weight is 392 g/mol. The molecule has 1 aromatic carbocycles. The molecule has 0 bridgehead atoms. The van der Waals surface area contributed by atoms with Crippen LogP contribution in [0.15, 0.2) is 24.3 Å². The van der Waals surface area contributed by atoms with Gasteiger partial charge in [0.25, 0.3) is 11.8 Å². The van der Waals surface area contributed by atoms with Gasteiger partial charge in [-0.15, -0.1) is 0 Å². The standard InChI is InChI=1S/C21H24N6O2/c1-25-10-12-26(13-11-25)21(29)18-17-4-2-3-9-27(17)19(24-18)20(28)23-16-7-5-15(14-22)6-8-16/h5-8H,2-4,9-13H2,1H3,(H,23,28). The Bertz CT molecular complexity index is 964. The maximum absolute atomic E-state index is 13.1. The van der Waals surface area contributed by atoms with Gasteiger partial charge in [0.1, 0.15) is 5.69 Å². The lowest BCUT2D eigenvalue weighted by molar-refractivity contribution is 0.0657. The molecule has 0 saturated carbocycles. The van der Waals surface area contributed by atoms with Gasteiger partial charge in [0.15, 0.2) is 5.82 Å². The van der Waals surface area contributed by atoms with E-state index in [4.69, 9.17) is 5.26 Å². The monoisotopic (exact) mass is 392 g/mol. The SMILES string of the molecule is CN1CCN(C(=O)c2nc(C(=O)Nc3ccc(C#N)cc3)n3c2CCCC3)CC1. The molecule has 1 aromatic heterocycles. The Kier molecular flexibility index (Phi) is 5.32. The van der Waals surface area contributed by atoms with Gasteiger partial charge in [-0.2, -0.15) is 5.26 Å². The van der Waals surface area contributed by atoms with E-state index < -0.39 is 0 Å². The second-order valence-electron chi connectivity index (χ2n) is 7.58. The summed E-state index contributed by atoms with van der Waals surface area (Å²) >= 11 is 0. The van der Waals surface area contributed by atoms with E-state index in [1.807, 2.05) is 16.5 Å². The van der Waals surface area contributed by atoms with Crippen molar-refractivity contribution in [3.8, 4) is 6.07 Å². The highest BCUT2D eigenvalue weighted by molar-refractivity contribution is 6.03. The summed E-state index contributed by atoms with van der Waals surface area (Å²) < 4.78 is 1.89. The summed E-state index contributed by atoms with van der Waals surface area (Å²) in [7, 11) is 2.05. The fourth-order valence-corrected chi connectivity index (χ4v) is 3.86. The van der Waals surface area contributed by atoms with Gasteiger partial charge < -0.3 is 19.7 Å². The normalized spacial score (nSPS) is 16.8. The van der Waals surface area contributed by atoms with Crippen molar-refractivity contribution in [2.75, 3.05) is 38.5 Å². The molecule has 1 fully saturated rings. The largest absolute Gasteiger partial charge is 0.335 e. The number of nitrogens with one attached hydrogen (secondary N) is 1. The molecule has 29 heavy (non-hydrogen) atoms. The Morgan fingerprint density at radius 1 is 1.07 bits per heavy atom. The lowest BCUT2D eigenvalue weighted by Gasteiger charge is -2.32. The molecule has 0 spiro atoms. The number of benzene rings is 1. The molecule has 0 radical (unpaired) electrons. The second-order valence-corrected chi connectivity index (χ2v) is 7.58. The number of carbonyl (C=O) groups excluding carboxylic acids is 2. The zero-order valence-electron chi connectivity index (χ0n) is 16.5. The van der Waals surface area contributed by atoms with E-state index in [9.17, 15) is 9.59 Å². The quantitative estimate of drug-likeness (QED) is 0.859. The van der Waals surface area contributed by atoms with Crippen molar-refractivity contribution < 1.29 is 9.59 Å². The van der Waals surface area contributed by atoms with Crippen molar-refractivity contribution in [3.05, 3.63) is 47.0 Å². The molecule has 2 amide bonds. The zero-order chi connectivity index (χ0) is 20.4. The Labute approximate surface area is 169 Å². The average Bonchev–Trinajstić information content (AvgIpc) is 3.14. The van der Waals surface area contributed by atoms with E-state index >= 15 is 0 Å². The van der Waals surface area contributed by atoms with Crippen LogP contribution in [0.25, 0.3) is 0 Å². The van der Waals surface area contributed by atoms with E-state index in [-0.39, 0.29) is 17.6 Å². The second kappa shape index (κ2) is 8.05. The summed E-state index contributed by atoms with van der Waals surface area (Å²) in [6.45, 7) is 3.72. The maximum Gasteiger partial charge on any atom is 0.291 e. The predicted octanol–water partition coefficient (Wildman–Crippen LogP) is 1.73. The molecule has 8 nitrogen and oxygen atoms in total. The van der Waals surface area contributed by atoms with Crippen LogP contribution in [0.4, 0.5) is 5.69 Å². The number of hydrogen-bond acceptors (Lipinski definition) is 5. The van der Waals surface area contributed by atoms with E-state index in [1.54, 1.807) is 24.3 Å². The number of fused-ring (bicyclic) bond motifs is 1. The molecule has 0 aliphatic carbocycles. The van der Waals surface area contributed by atoms with Gasteiger partial charge in [0, 0.05) is 38.4 Å². The molecule has 0 atom stereocenters. The highest BCUT2D eigenvalue weighted by Crippen LogP contribution is 2.23. The fraction of sp³-hybridized carbons (Fsp3) is 0.429. The van der Waals surface area contributed by atoms with Crippen LogP contribution in [0.5, 0.6) is 0 Å². The number of carbonyl (C=O) groups is 2. The van der Waals surface area contributed by atoms with Gasteiger partial charge in [-0.3, -0.25) is 9.59 Å². The fourth-order valence-electron chi connectivity index (χ4n) is 3.86. The zero-order valence-corrected chi connectivity index (χ0v) is 16.5. The summed E-state index contributed by atoms with van der Waals surface area (Å²) in [5.41, 5.74) is 2.40. The minimum absolute atomic E-state index is 0.0822. The van der Waals surface area contributed by atoms with Crippen LogP contribution >= 0.6 is 0 Å². The van der Waals surface area contributed by atoms with Crippen molar-refractivity contribution in [1.82, 2.24) is 19.4 Å². The van der Waals surface area contributed by atoms with Gasteiger partial charge in [0.05, 0.1) is 17.3 Å². The summed E-state index contributed by atoms with van der Waals surface area (Å²) in [5.74, 6) is -0.141. The number of nitriles is 1. The smallest absolute Gasteiger partial charge is 0.291 e. The summed E-state index contributed by atoms with van der Waals surface area (Å²) in [6.07, 6.45) is 2.71. The van der Waals surface area contributed by atoms with E-state index in [0.29, 0.717) is 36.6 Å². The van der Waals surface area contributed by atoms with Crippen LogP contribution in [0, 0.1) is 11.3 Å². The highest BCUT2D eigenvalue weighted by Gasteiger charge is 2.30. The number of rotatable bonds is 3. The van der Waals surface area contributed by atoms with Gasteiger partial charge >= 0.3 is 0 Å². The molecule has 1 saturated heterocycles. The Balaban J connectivity index is 1.59. The van der Waals surface area contributed by atoms with Gasteiger partial charge in [-0.1, -0.05) is 0 Å². The first-order chi connectivity index (χ1) is 14.1. The van der Waals surface area contributed by atoms with Crippen LogP contribution in [0.3, 0.4) is 0 Å². The molecule has 150 valence electrons. The third kappa shape index (κ3) is 3.87. The molecular formula is C21H24N6O2. The molecule has 0 unspecified atom stereocenters. The maximum atomic E-state index is 13.1. The highest BCUT2D eigenvalue weighted by atomic mass is 16.2. The predicted molar refractivity (Wildman–Crippen MR) is 108 cm³/mol. The summed E-state index contributed by atoms with van der Waals surface area (Å²) in [6, 6.07) is 8.73. The molecule has 2 aliphatic rings. The lowest BCUT2D eigenvalue weighted by atomic mass is 10.1. The Morgan fingerprint density at radius 2 is 1.79 bits per heavy atom. The summed E-state index contributed by atoms with van der Waals surface area (Å²) in [4.78, 5) is 34.6. The Morgan fingerprint density at radius 3 is 2.48 bits per heavy atom. The van der Waals surface area contributed by atoms with Crippen molar-refractivity contribution in [3.63, 3.8) is 0 Å². The number of nitrogens with zero attached hydrogens (tertiary/aromatic N) is 5. The molecule has 3 heterocycles. The van der Waals surface area contributed by atoms with Crippen LogP contribution in [0.1, 0.15) is 45.2 Å². The summed E-state index contributed by atoms with van der Waals surface area (Å²) in [5, 5.41) is 11.7. The van der Waals surface area contributed by atoms with Crippen molar-refractivity contribution in [1.29, 1.82) is 5.26 Å². The van der Waals surface area contributed by atoms with E-state index in [2.05, 4.69) is 21.3 Å². The van der Waals surface area contributed by atoms with Crippen molar-refractivity contribution >= 4 is 17.5 Å². The minimum Gasteiger partial charge on any atom is -0.335 e. The topological polar surface area (TPSA) is 94.3 Å². The molecule has 4 rings (SSSR count). The molecule has 2 aromatic rings. The first kappa shape index (κ1) is 19.2. The van der Waals surface area contributed by atoms with E-state index in [0.717, 1.165) is 38.0 Å². The number of amides is 2. The lowest BCUT2D eigenvalue weighted by Crippen LogP contribution is -2.47. The third-order valence-electron chi connectivity index (χ3n) is 5.59. The van der Waals surface area contributed by atoms with Crippen molar-refractivity contribution in [2.24, 2.45) is 0 Å². The first-order valence-corrected chi connectivity index (χ1v) is 9.95. The number of anilines is 1. The van der Waals surface area contributed by atoms with Crippen LogP contribution in [-0.4, -0.2) is 64.4 Å². The molecular weight excluding hydrogens is 368 g/mol. The third-order valence-corrected chi connectivity index (χ3v) is 5.59.